The molecule has 11 heteroatoms. The number of ether oxygens (including phenoxy) is 3. The van der Waals surface area contributed by atoms with Gasteiger partial charge in [-0.25, -0.2) is 0 Å². The second-order valence-corrected chi connectivity index (χ2v) is 27.4. The van der Waals surface area contributed by atoms with Gasteiger partial charge in [-0.3, -0.25) is 9.59 Å². The molecule has 91 heavy (non-hydrogen) atoms. The average Bonchev–Trinajstić information content (AvgIpc) is 1.37. The predicted molar refractivity (Wildman–Crippen MR) is 384 cm³/mol. The zero-order valence-electron chi connectivity index (χ0n) is 59.6. The fourth-order valence-corrected chi connectivity index (χ4v) is 12.5. The van der Waals surface area contributed by atoms with Gasteiger partial charge in [-0.2, -0.15) is 0 Å². The van der Waals surface area contributed by atoms with Gasteiger partial charge in [0.2, 0.25) is 5.91 Å². The van der Waals surface area contributed by atoms with Crippen molar-refractivity contribution in [2.45, 2.75) is 429 Å². The number of hydrogen-bond donors (Lipinski definition) is 6. The Hall–Kier alpha value is -2.38. The van der Waals surface area contributed by atoms with Crippen LogP contribution in [-0.4, -0.2) is 100 Å². The Morgan fingerprint density at radius 1 is 0.396 bits per heavy atom. The number of hydrogen-bond acceptors (Lipinski definition) is 10. The number of carbonyl (C=O) groups excluding carboxylic acids is 2. The Morgan fingerprint density at radius 2 is 0.725 bits per heavy atom. The molecule has 1 aliphatic heterocycles. The molecule has 6 N–H and O–H groups in total. The highest BCUT2D eigenvalue weighted by Gasteiger charge is 2.44. The summed E-state index contributed by atoms with van der Waals surface area (Å²) in [5.41, 5.74) is 0. The van der Waals surface area contributed by atoms with E-state index in [0.717, 1.165) is 64.2 Å². The van der Waals surface area contributed by atoms with Gasteiger partial charge in [0.15, 0.2) is 6.29 Å². The molecule has 7 atom stereocenters. The first kappa shape index (κ1) is 86.6. The molecule has 0 bridgehead atoms. The third-order valence-electron chi connectivity index (χ3n) is 18.6. The zero-order valence-corrected chi connectivity index (χ0v) is 59.6. The molecule has 534 valence electrons. The van der Waals surface area contributed by atoms with Crippen molar-refractivity contribution in [3.63, 3.8) is 0 Å². The Bertz CT molecular complexity index is 1650. The number of aliphatic hydroxyl groups excluding tert-OH is 5. The maximum absolute atomic E-state index is 13.1. The van der Waals surface area contributed by atoms with Crippen LogP contribution in [0.25, 0.3) is 0 Å². The lowest BCUT2D eigenvalue weighted by Crippen LogP contribution is -2.60. The highest BCUT2D eigenvalue weighted by Crippen LogP contribution is 2.24. The van der Waals surface area contributed by atoms with Gasteiger partial charge in [0.25, 0.3) is 0 Å². The van der Waals surface area contributed by atoms with Crippen LogP contribution in [0.4, 0.5) is 0 Å². The summed E-state index contributed by atoms with van der Waals surface area (Å²) in [6.45, 7) is 4.32. The third kappa shape index (κ3) is 57.6. The monoisotopic (exact) mass is 1280 g/mol. The molecule has 0 saturated carbocycles. The Morgan fingerprint density at radius 3 is 1.12 bits per heavy atom. The van der Waals surface area contributed by atoms with Gasteiger partial charge in [-0.05, 0) is 77.0 Å². The second kappa shape index (κ2) is 69.0. The molecular weight excluding hydrogens is 1130 g/mol. The number of esters is 1. The van der Waals surface area contributed by atoms with Crippen LogP contribution in [0.2, 0.25) is 0 Å². The molecule has 11 nitrogen and oxygen atoms in total. The van der Waals surface area contributed by atoms with E-state index in [2.05, 4.69) is 55.6 Å². The van der Waals surface area contributed by atoms with Crippen LogP contribution >= 0.6 is 0 Å². The zero-order chi connectivity index (χ0) is 65.8. The van der Waals surface area contributed by atoms with Crippen molar-refractivity contribution in [2.24, 2.45) is 0 Å². The van der Waals surface area contributed by atoms with Crippen LogP contribution in [0.1, 0.15) is 386 Å². The molecule has 7 unspecified atom stereocenters. The number of aliphatic hydroxyl groups is 5. The van der Waals surface area contributed by atoms with Gasteiger partial charge in [0, 0.05) is 12.8 Å². The van der Waals surface area contributed by atoms with Crippen molar-refractivity contribution in [3.8, 4) is 0 Å². The van der Waals surface area contributed by atoms with Gasteiger partial charge < -0.3 is 45.1 Å². The largest absolute Gasteiger partial charge is 0.466 e. The first-order valence-electron chi connectivity index (χ1n) is 39.4. The van der Waals surface area contributed by atoms with Gasteiger partial charge >= 0.3 is 5.97 Å². The van der Waals surface area contributed by atoms with Crippen molar-refractivity contribution < 1.29 is 49.3 Å². The van der Waals surface area contributed by atoms with Crippen molar-refractivity contribution >= 4 is 11.9 Å². The van der Waals surface area contributed by atoms with E-state index in [1.165, 1.54) is 295 Å². The summed E-state index contributed by atoms with van der Waals surface area (Å²) in [5.74, 6) is -0.174. The molecule has 1 heterocycles. The summed E-state index contributed by atoms with van der Waals surface area (Å²) in [5, 5.41) is 54.4. The van der Waals surface area contributed by atoms with E-state index >= 15 is 0 Å². The van der Waals surface area contributed by atoms with Crippen molar-refractivity contribution in [2.75, 3.05) is 19.8 Å². The maximum atomic E-state index is 13.1. The Balaban J connectivity index is 1.89. The minimum atomic E-state index is -1.58. The second-order valence-electron chi connectivity index (χ2n) is 27.4. The number of allylic oxidation sites excluding steroid dienone is 7. The third-order valence-corrected chi connectivity index (χ3v) is 18.6. The van der Waals surface area contributed by atoms with Gasteiger partial charge in [0.05, 0.1) is 32.0 Å². The molecule has 1 aliphatic rings. The summed E-state index contributed by atoms with van der Waals surface area (Å²) in [6, 6.07) is -0.831. The minimum Gasteiger partial charge on any atom is -0.466 e. The smallest absolute Gasteiger partial charge is 0.305 e. The summed E-state index contributed by atoms with van der Waals surface area (Å²) in [6.07, 6.45) is 81.6. The van der Waals surface area contributed by atoms with Crippen LogP contribution in [0.5, 0.6) is 0 Å². The lowest BCUT2D eigenvalue weighted by atomic mass is 9.99. The van der Waals surface area contributed by atoms with Gasteiger partial charge in [-0.15, -0.1) is 0 Å². The normalized spacial score (nSPS) is 17.8. The summed E-state index contributed by atoms with van der Waals surface area (Å²) in [7, 11) is 0. The molecule has 0 aromatic heterocycles. The Labute approximate surface area is 561 Å². The van der Waals surface area contributed by atoms with Crippen LogP contribution in [0.3, 0.4) is 0 Å². The van der Waals surface area contributed by atoms with Crippen LogP contribution in [0, 0.1) is 0 Å². The van der Waals surface area contributed by atoms with E-state index < -0.39 is 49.5 Å². The van der Waals surface area contributed by atoms with E-state index in [0.29, 0.717) is 19.4 Å². The van der Waals surface area contributed by atoms with Crippen molar-refractivity contribution in [1.82, 2.24) is 5.32 Å². The molecule has 0 aromatic carbocycles. The number of nitrogens with one attached hydrogen (secondary N) is 1. The van der Waals surface area contributed by atoms with Gasteiger partial charge in [-0.1, -0.05) is 345 Å². The lowest BCUT2D eigenvalue weighted by molar-refractivity contribution is -0.302. The van der Waals surface area contributed by atoms with Crippen molar-refractivity contribution in [1.29, 1.82) is 0 Å². The maximum Gasteiger partial charge on any atom is 0.305 e. The number of rotatable bonds is 70. The fraction of sp³-hybridized carbons (Fsp3) is 0.875. The highest BCUT2D eigenvalue weighted by molar-refractivity contribution is 5.76. The molecule has 0 aromatic rings. The average molecular weight is 1290 g/mol. The van der Waals surface area contributed by atoms with E-state index in [9.17, 15) is 35.1 Å². The van der Waals surface area contributed by atoms with E-state index in [1.807, 2.05) is 6.08 Å². The first-order valence-corrected chi connectivity index (χ1v) is 39.4. The van der Waals surface area contributed by atoms with E-state index in [-0.39, 0.29) is 18.5 Å². The van der Waals surface area contributed by atoms with E-state index in [1.54, 1.807) is 6.08 Å². The highest BCUT2D eigenvalue weighted by atomic mass is 16.7. The molecule has 0 radical (unpaired) electrons. The van der Waals surface area contributed by atoms with Gasteiger partial charge in [0.1, 0.15) is 24.4 Å². The first-order chi connectivity index (χ1) is 44.7. The molecule has 1 fully saturated rings. The standard InChI is InChI=1S/C80H149NO10/c1-3-5-7-9-11-13-15-46-50-54-58-62-66-73(83)72(71-90-80-79(88)78(87)77(86)74(70-82)91-80)81-75(84)67-63-59-55-51-47-44-42-40-38-36-34-32-30-28-26-24-22-20-18-17-19-21-23-25-27-29-31-33-35-37-39-41-43-45-49-53-57-61-65-69-89-76(85)68-64-60-56-52-48-16-14-12-10-8-6-4-2/h9,11,17-18,46,50,62,66,72-74,77-80,82-83,86-88H,3-8,10,12-16,19-45,47-49,51-61,63-65,67-71H2,1-2H3,(H,81,84)/b11-9+,18-17-,50-46+,66-62+. The molecule has 0 spiro atoms. The molecule has 1 rings (SSSR count). The SMILES string of the molecule is CCCC/C=C/CC/C=C/CC/C=C/C(O)C(COC1OC(CO)C(O)C(O)C1O)NC(=O)CCCCCCCCCCCCCCCCCCC/C=C\CCCCCCCCCCCCCCCCCCCCOC(=O)CCCCCCCCCCCCCC. The number of amides is 1. The summed E-state index contributed by atoms with van der Waals surface area (Å²) in [4.78, 5) is 25.1. The van der Waals surface area contributed by atoms with Crippen molar-refractivity contribution in [3.05, 3.63) is 48.6 Å². The predicted octanol–water partition coefficient (Wildman–Crippen LogP) is 21.1. The molecular formula is C80H149NO10. The molecule has 1 amide bonds. The quantitative estimate of drug-likeness (QED) is 0.0195. The fourth-order valence-electron chi connectivity index (χ4n) is 12.5. The topological polar surface area (TPSA) is 175 Å². The Kier molecular flexibility index (Phi) is 65.7. The minimum absolute atomic E-state index is 0.0175. The number of carbonyl (C=O) groups is 2. The molecule has 1 saturated heterocycles. The summed E-state index contributed by atoms with van der Waals surface area (Å²) < 4.78 is 16.7. The van der Waals surface area contributed by atoms with Crippen LogP contribution < -0.4 is 5.32 Å². The number of unbranched alkanes of at least 4 members (excludes halogenated alkanes) is 50. The lowest BCUT2D eigenvalue weighted by Gasteiger charge is -2.40. The van der Waals surface area contributed by atoms with E-state index in [4.69, 9.17) is 14.2 Å². The molecule has 0 aliphatic carbocycles. The summed E-state index contributed by atoms with van der Waals surface area (Å²) >= 11 is 0. The van der Waals surface area contributed by atoms with Crippen LogP contribution in [-0.2, 0) is 23.8 Å². The van der Waals surface area contributed by atoms with Crippen LogP contribution in [0.15, 0.2) is 48.6 Å².